The lowest BCUT2D eigenvalue weighted by atomic mass is 9.99. The monoisotopic (exact) mass is 479 g/mol. The van der Waals surface area contributed by atoms with E-state index in [9.17, 15) is 0 Å². The van der Waals surface area contributed by atoms with E-state index in [0.29, 0.717) is 5.15 Å². The van der Waals surface area contributed by atoms with Crippen LogP contribution in [0.3, 0.4) is 0 Å². The molecule has 0 spiro atoms. The number of hydrogen-bond acceptors (Lipinski definition) is 3. The Labute approximate surface area is 174 Å². The molecule has 2 N–H and O–H groups in total. The van der Waals surface area contributed by atoms with Gasteiger partial charge in [0.1, 0.15) is 5.15 Å². The minimum atomic E-state index is 0. The van der Waals surface area contributed by atoms with Crippen molar-refractivity contribution in [1.82, 2.24) is 20.5 Å². The molecule has 0 atom stereocenters. The number of guanidine groups is 1. The second-order valence-corrected chi connectivity index (χ2v) is 6.93. The van der Waals surface area contributed by atoms with Crippen LogP contribution >= 0.6 is 35.6 Å². The Hall–Kier alpha value is -0.600. The second kappa shape index (κ2) is 12.7. The molecule has 1 fully saturated rings. The summed E-state index contributed by atoms with van der Waals surface area (Å²) in [4.78, 5) is 10.9. The van der Waals surface area contributed by atoms with Crippen LogP contribution in [0.5, 0.6) is 0 Å². The number of nitrogens with one attached hydrogen (secondary N) is 2. The maximum atomic E-state index is 5.79. The van der Waals surface area contributed by atoms with Gasteiger partial charge in [-0.25, -0.2) is 4.98 Å². The summed E-state index contributed by atoms with van der Waals surface area (Å²) in [6.07, 6.45) is 6.55. The third kappa shape index (κ3) is 9.06. The van der Waals surface area contributed by atoms with E-state index in [-0.39, 0.29) is 24.0 Å². The molecule has 1 aliphatic heterocycles. The molecule has 142 valence electrons. The Kier molecular flexibility index (Phi) is 11.4. The van der Waals surface area contributed by atoms with Crippen LogP contribution < -0.4 is 10.6 Å². The quantitative estimate of drug-likeness (QED) is 0.207. The molecule has 7 heteroatoms. The highest BCUT2D eigenvalue weighted by molar-refractivity contribution is 14.0. The van der Waals surface area contributed by atoms with Gasteiger partial charge in [0.2, 0.25) is 0 Å². The lowest BCUT2D eigenvalue weighted by Gasteiger charge is -2.30. The van der Waals surface area contributed by atoms with Gasteiger partial charge in [-0.05, 0) is 62.9 Å². The molecule has 1 aliphatic rings. The van der Waals surface area contributed by atoms with Crippen LogP contribution in [0.1, 0.15) is 31.7 Å². The number of hydrogen-bond donors (Lipinski definition) is 2. The average molecular weight is 480 g/mol. The molecule has 1 aromatic heterocycles. The fourth-order valence-electron chi connectivity index (χ4n) is 2.90. The first kappa shape index (κ1) is 22.4. The van der Waals surface area contributed by atoms with Gasteiger partial charge in [0, 0.05) is 26.3 Å². The predicted molar refractivity (Wildman–Crippen MR) is 117 cm³/mol. The summed E-state index contributed by atoms with van der Waals surface area (Å²) in [5.41, 5.74) is 1.17. The number of likely N-dealkylation sites (tertiary alicyclic amines) is 1. The SMILES string of the molecule is CN=C(NCCCN1CCC(C)CC1)NCCc1ccc(Cl)nc1.I. The van der Waals surface area contributed by atoms with Gasteiger partial charge in [-0.2, -0.15) is 0 Å². The van der Waals surface area contributed by atoms with Crippen LogP contribution in [0.2, 0.25) is 5.15 Å². The summed E-state index contributed by atoms with van der Waals surface area (Å²) in [5, 5.41) is 7.26. The first-order valence-electron chi connectivity index (χ1n) is 8.94. The number of nitrogens with zero attached hydrogens (tertiary/aromatic N) is 3. The van der Waals surface area contributed by atoms with Crippen LogP contribution in [-0.4, -0.2) is 55.6 Å². The largest absolute Gasteiger partial charge is 0.356 e. The van der Waals surface area contributed by atoms with Crippen molar-refractivity contribution in [3.05, 3.63) is 29.0 Å². The fourth-order valence-corrected chi connectivity index (χ4v) is 3.01. The molecule has 2 rings (SSSR count). The van der Waals surface area contributed by atoms with Crippen molar-refractivity contribution < 1.29 is 0 Å². The zero-order chi connectivity index (χ0) is 17.2. The highest BCUT2D eigenvalue weighted by Crippen LogP contribution is 2.15. The highest BCUT2D eigenvalue weighted by Gasteiger charge is 2.14. The van der Waals surface area contributed by atoms with Crippen LogP contribution in [0.4, 0.5) is 0 Å². The van der Waals surface area contributed by atoms with Crippen LogP contribution in [0.25, 0.3) is 0 Å². The lowest BCUT2D eigenvalue weighted by Crippen LogP contribution is -2.40. The molecule has 0 radical (unpaired) electrons. The number of halogens is 2. The summed E-state index contributed by atoms with van der Waals surface area (Å²) in [5.74, 6) is 1.77. The number of pyridine rings is 1. The van der Waals surface area contributed by atoms with Crippen LogP contribution in [-0.2, 0) is 6.42 Å². The van der Waals surface area contributed by atoms with Gasteiger partial charge in [-0.3, -0.25) is 4.99 Å². The molecule has 5 nitrogen and oxygen atoms in total. The highest BCUT2D eigenvalue weighted by atomic mass is 127. The smallest absolute Gasteiger partial charge is 0.190 e. The Morgan fingerprint density at radius 3 is 2.64 bits per heavy atom. The van der Waals surface area contributed by atoms with Gasteiger partial charge in [-0.15, -0.1) is 24.0 Å². The predicted octanol–water partition coefficient (Wildman–Crippen LogP) is 3.18. The van der Waals surface area contributed by atoms with Crippen LogP contribution in [0.15, 0.2) is 23.3 Å². The van der Waals surface area contributed by atoms with E-state index in [2.05, 4.69) is 32.4 Å². The third-order valence-electron chi connectivity index (χ3n) is 4.54. The summed E-state index contributed by atoms with van der Waals surface area (Å²) >= 11 is 5.79. The molecular weight excluding hydrogens is 449 g/mol. The van der Waals surface area contributed by atoms with Crippen molar-refractivity contribution in [2.45, 2.75) is 32.6 Å². The molecule has 1 aromatic rings. The van der Waals surface area contributed by atoms with Gasteiger partial charge in [-0.1, -0.05) is 24.6 Å². The van der Waals surface area contributed by atoms with Gasteiger partial charge < -0.3 is 15.5 Å². The third-order valence-corrected chi connectivity index (χ3v) is 4.76. The van der Waals surface area contributed by atoms with Gasteiger partial charge in [0.15, 0.2) is 5.96 Å². The van der Waals surface area contributed by atoms with E-state index in [1.165, 1.54) is 38.0 Å². The molecule has 25 heavy (non-hydrogen) atoms. The van der Waals surface area contributed by atoms with Gasteiger partial charge in [0.25, 0.3) is 0 Å². The minimum Gasteiger partial charge on any atom is -0.356 e. The molecular formula is C18H31ClIN5. The Morgan fingerprint density at radius 2 is 2.00 bits per heavy atom. The zero-order valence-electron chi connectivity index (χ0n) is 15.3. The summed E-state index contributed by atoms with van der Waals surface area (Å²) in [6.45, 7) is 7.82. The lowest BCUT2D eigenvalue weighted by molar-refractivity contribution is 0.191. The van der Waals surface area contributed by atoms with E-state index in [1.807, 2.05) is 25.4 Å². The first-order valence-corrected chi connectivity index (χ1v) is 9.32. The van der Waals surface area contributed by atoms with Crippen molar-refractivity contribution in [3.8, 4) is 0 Å². The molecule has 0 bridgehead atoms. The van der Waals surface area contributed by atoms with E-state index in [0.717, 1.165) is 37.8 Å². The molecule has 0 aromatic carbocycles. The average Bonchev–Trinajstić information content (AvgIpc) is 2.60. The fraction of sp³-hybridized carbons (Fsp3) is 0.667. The molecule has 0 saturated carbocycles. The number of aromatic nitrogens is 1. The number of aliphatic imine (C=N–C) groups is 1. The number of rotatable bonds is 7. The van der Waals surface area contributed by atoms with Crippen molar-refractivity contribution in [2.75, 3.05) is 39.8 Å². The van der Waals surface area contributed by atoms with E-state index >= 15 is 0 Å². The maximum absolute atomic E-state index is 5.79. The minimum absolute atomic E-state index is 0. The van der Waals surface area contributed by atoms with Gasteiger partial charge >= 0.3 is 0 Å². The summed E-state index contributed by atoms with van der Waals surface area (Å²) < 4.78 is 0. The Morgan fingerprint density at radius 1 is 1.28 bits per heavy atom. The normalized spacial score (nSPS) is 16.4. The Bertz CT molecular complexity index is 501. The molecule has 0 aliphatic carbocycles. The van der Waals surface area contributed by atoms with Crippen LogP contribution in [0, 0.1) is 5.92 Å². The summed E-state index contributed by atoms with van der Waals surface area (Å²) in [6, 6.07) is 3.83. The molecule has 0 unspecified atom stereocenters. The second-order valence-electron chi connectivity index (χ2n) is 6.54. The zero-order valence-corrected chi connectivity index (χ0v) is 18.4. The maximum Gasteiger partial charge on any atom is 0.190 e. The molecule has 0 amide bonds. The van der Waals surface area contributed by atoms with Crippen molar-refractivity contribution in [1.29, 1.82) is 0 Å². The topological polar surface area (TPSA) is 52.6 Å². The standard InChI is InChI=1S/C18H30ClN5.HI/c1-15-7-12-24(13-8-15)11-3-9-21-18(20-2)22-10-6-16-4-5-17(19)23-14-16;/h4-5,14-15H,3,6-13H2,1-2H3,(H2,20,21,22);1H. The molecule has 1 saturated heterocycles. The van der Waals surface area contributed by atoms with E-state index in [1.54, 1.807) is 0 Å². The summed E-state index contributed by atoms with van der Waals surface area (Å²) in [7, 11) is 1.81. The first-order chi connectivity index (χ1) is 11.7. The van der Waals surface area contributed by atoms with E-state index in [4.69, 9.17) is 11.6 Å². The van der Waals surface area contributed by atoms with Crippen molar-refractivity contribution in [2.24, 2.45) is 10.9 Å². The van der Waals surface area contributed by atoms with E-state index < -0.39 is 0 Å². The van der Waals surface area contributed by atoms with Crippen molar-refractivity contribution in [3.63, 3.8) is 0 Å². The van der Waals surface area contributed by atoms with Gasteiger partial charge in [0.05, 0.1) is 0 Å². The number of piperidine rings is 1. The Balaban J connectivity index is 0.00000312. The molecule has 2 heterocycles. The van der Waals surface area contributed by atoms with Crippen molar-refractivity contribution >= 4 is 41.5 Å².